The lowest BCUT2D eigenvalue weighted by Crippen LogP contribution is -2.21. The molecule has 0 saturated carbocycles. The second-order valence-corrected chi connectivity index (χ2v) is 11.6. The molecule has 3 aromatic heterocycles. The Bertz CT molecular complexity index is 1770. The summed E-state index contributed by atoms with van der Waals surface area (Å²) in [6, 6.07) is 17.8. The lowest BCUT2D eigenvalue weighted by Gasteiger charge is -2.12. The predicted molar refractivity (Wildman–Crippen MR) is 166 cm³/mol. The van der Waals surface area contributed by atoms with E-state index in [0.29, 0.717) is 44.4 Å². The highest BCUT2D eigenvalue weighted by Gasteiger charge is 2.26. The second kappa shape index (κ2) is 12.3. The van der Waals surface area contributed by atoms with Gasteiger partial charge in [-0.15, -0.1) is 11.3 Å². The SMILES string of the molecule is CNC(=O)c1c(N)c2c(-c3ccc(CCCO)cc3)c(C#N)c(SCc3csc(-c4ccc(Cl)cc4)n3)nc2n1C. The number of nitrogen functional groups attached to an aromatic ring is 1. The summed E-state index contributed by atoms with van der Waals surface area (Å²) in [5.41, 5.74) is 12.4. The first kappa shape index (κ1) is 28.6. The molecular formula is C30H27ClN6O2S2. The fourth-order valence-electron chi connectivity index (χ4n) is 4.71. The Labute approximate surface area is 250 Å². The molecule has 41 heavy (non-hydrogen) atoms. The van der Waals surface area contributed by atoms with Gasteiger partial charge in [-0.25, -0.2) is 9.97 Å². The van der Waals surface area contributed by atoms with Gasteiger partial charge >= 0.3 is 0 Å². The zero-order valence-electron chi connectivity index (χ0n) is 22.4. The first-order valence-electron chi connectivity index (χ1n) is 12.8. The normalized spacial score (nSPS) is 11.1. The average Bonchev–Trinajstić information content (AvgIpc) is 3.56. The van der Waals surface area contributed by atoms with Crippen LogP contribution in [0.3, 0.4) is 0 Å². The molecule has 5 aromatic rings. The Morgan fingerprint density at radius 3 is 2.54 bits per heavy atom. The van der Waals surface area contributed by atoms with Crippen LogP contribution < -0.4 is 11.1 Å². The molecule has 0 aliphatic heterocycles. The van der Waals surface area contributed by atoms with E-state index in [0.717, 1.165) is 33.8 Å². The quantitative estimate of drug-likeness (QED) is 0.175. The molecule has 0 aliphatic carbocycles. The summed E-state index contributed by atoms with van der Waals surface area (Å²) in [5.74, 6) is 0.164. The van der Waals surface area contributed by atoms with Crippen molar-refractivity contribution in [3.63, 3.8) is 0 Å². The minimum atomic E-state index is -0.335. The Kier molecular flexibility index (Phi) is 8.61. The monoisotopic (exact) mass is 602 g/mol. The van der Waals surface area contributed by atoms with E-state index in [-0.39, 0.29) is 23.9 Å². The molecule has 3 heterocycles. The number of hydrogen-bond acceptors (Lipinski definition) is 8. The summed E-state index contributed by atoms with van der Waals surface area (Å²) in [6.45, 7) is 0.120. The van der Waals surface area contributed by atoms with Crippen LogP contribution in [0.25, 0.3) is 32.7 Å². The number of nitrogens with two attached hydrogens (primary N) is 1. The summed E-state index contributed by atoms with van der Waals surface area (Å²) in [5, 5.41) is 26.9. The van der Waals surface area contributed by atoms with Crippen LogP contribution in [0.5, 0.6) is 0 Å². The van der Waals surface area contributed by atoms with Gasteiger partial charge in [-0.2, -0.15) is 5.26 Å². The zero-order valence-corrected chi connectivity index (χ0v) is 24.8. The average molecular weight is 603 g/mol. The molecule has 0 bridgehead atoms. The lowest BCUT2D eigenvalue weighted by molar-refractivity contribution is 0.0956. The predicted octanol–water partition coefficient (Wildman–Crippen LogP) is 6.05. The fourth-order valence-corrected chi connectivity index (χ4v) is 6.64. The van der Waals surface area contributed by atoms with Crippen molar-refractivity contribution in [2.75, 3.05) is 19.4 Å². The first-order chi connectivity index (χ1) is 19.9. The molecule has 2 aromatic carbocycles. The minimum absolute atomic E-state index is 0.120. The van der Waals surface area contributed by atoms with Crippen molar-refractivity contribution in [3.05, 3.63) is 81.4 Å². The van der Waals surface area contributed by atoms with Gasteiger partial charge in [0.15, 0.2) is 0 Å². The number of thioether (sulfide) groups is 1. The number of aliphatic hydroxyl groups excluding tert-OH is 1. The van der Waals surface area contributed by atoms with Gasteiger partial charge in [0.25, 0.3) is 5.91 Å². The molecule has 8 nitrogen and oxygen atoms in total. The summed E-state index contributed by atoms with van der Waals surface area (Å²) in [4.78, 5) is 22.4. The van der Waals surface area contributed by atoms with Crippen molar-refractivity contribution in [1.29, 1.82) is 5.26 Å². The number of hydrogen-bond donors (Lipinski definition) is 3. The molecule has 0 aliphatic rings. The van der Waals surface area contributed by atoms with E-state index in [2.05, 4.69) is 11.4 Å². The molecule has 5 rings (SSSR count). The number of halogens is 1. The van der Waals surface area contributed by atoms with Crippen LogP contribution >= 0.6 is 34.7 Å². The van der Waals surface area contributed by atoms with E-state index in [1.807, 2.05) is 53.9 Å². The van der Waals surface area contributed by atoms with Crippen LogP contribution in [0.1, 0.15) is 33.7 Å². The molecule has 11 heteroatoms. The van der Waals surface area contributed by atoms with Gasteiger partial charge in [-0.3, -0.25) is 4.79 Å². The number of rotatable bonds is 9. The number of carbonyl (C=O) groups excluding carboxylic acids is 1. The second-order valence-electron chi connectivity index (χ2n) is 9.34. The van der Waals surface area contributed by atoms with Crippen LogP contribution in [0.2, 0.25) is 5.02 Å². The third-order valence-electron chi connectivity index (χ3n) is 6.74. The van der Waals surface area contributed by atoms with Gasteiger partial charge in [0.05, 0.1) is 22.3 Å². The number of carbonyl (C=O) groups is 1. The van der Waals surface area contributed by atoms with E-state index in [4.69, 9.17) is 27.3 Å². The number of pyridine rings is 1. The maximum Gasteiger partial charge on any atom is 0.269 e. The van der Waals surface area contributed by atoms with Crippen LogP contribution in [0.4, 0.5) is 5.69 Å². The number of fused-ring (bicyclic) bond motifs is 1. The molecule has 0 spiro atoms. The smallest absolute Gasteiger partial charge is 0.269 e. The number of nitriles is 1. The first-order valence-corrected chi connectivity index (χ1v) is 15.1. The van der Waals surface area contributed by atoms with Gasteiger partial charge in [-0.05, 0) is 36.1 Å². The maximum atomic E-state index is 12.8. The third kappa shape index (κ3) is 5.67. The van der Waals surface area contributed by atoms with Crippen LogP contribution in [-0.4, -0.2) is 39.2 Å². The summed E-state index contributed by atoms with van der Waals surface area (Å²) in [6.07, 6.45) is 1.41. The maximum absolute atomic E-state index is 12.8. The van der Waals surface area contributed by atoms with Crippen molar-refractivity contribution in [3.8, 4) is 27.8 Å². The Morgan fingerprint density at radius 2 is 1.88 bits per heavy atom. The van der Waals surface area contributed by atoms with Crippen LogP contribution in [0, 0.1) is 11.3 Å². The summed E-state index contributed by atoms with van der Waals surface area (Å²) < 4.78 is 1.68. The molecule has 208 valence electrons. The molecular weight excluding hydrogens is 576 g/mol. The standard InChI is InChI=1S/C30H27ClN6O2S2/c1-34-28(39)26-25(33)24-23(18-7-5-17(6-8-18)4-3-13-38)22(14-32)30(36-27(24)37(26)2)41-16-21-15-40-29(35-21)19-9-11-20(31)12-10-19/h5-12,15,38H,3-4,13,16,33H2,1-2H3,(H,34,39). The van der Waals surface area contributed by atoms with Crippen molar-refractivity contribution in [2.45, 2.75) is 23.6 Å². The van der Waals surface area contributed by atoms with E-state index in [1.165, 1.54) is 11.8 Å². The van der Waals surface area contributed by atoms with Gasteiger partial charge < -0.3 is 20.7 Å². The molecule has 0 atom stereocenters. The highest BCUT2D eigenvalue weighted by Crippen LogP contribution is 2.42. The lowest BCUT2D eigenvalue weighted by atomic mass is 9.96. The number of nitrogens with zero attached hydrogens (tertiary/aromatic N) is 4. The largest absolute Gasteiger partial charge is 0.396 e. The number of benzene rings is 2. The van der Waals surface area contributed by atoms with Crippen molar-refractivity contribution < 1.29 is 9.90 Å². The Balaban J connectivity index is 1.59. The van der Waals surface area contributed by atoms with Crippen molar-refractivity contribution in [2.24, 2.45) is 7.05 Å². The van der Waals surface area contributed by atoms with Crippen molar-refractivity contribution in [1.82, 2.24) is 19.9 Å². The fraction of sp³-hybridized carbons (Fsp3) is 0.200. The number of amides is 1. The molecule has 0 saturated heterocycles. The number of aliphatic hydroxyl groups is 1. The molecule has 0 radical (unpaired) electrons. The summed E-state index contributed by atoms with van der Waals surface area (Å²) in [7, 11) is 3.30. The number of anilines is 1. The van der Waals surface area contributed by atoms with Gasteiger partial charge in [0.1, 0.15) is 27.4 Å². The highest BCUT2D eigenvalue weighted by atomic mass is 35.5. The molecule has 4 N–H and O–H groups in total. The number of thiazole rings is 1. The van der Waals surface area contributed by atoms with E-state index in [1.54, 1.807) is 30.0 Å². The topological polar surface area (TPSA) is 130 Å². The van der Waals surface area contributed by atoms with E-state index < -0.39 is 0 Å². The third-order valence-corrected chi connectivity index (χ3v) is 8.94. The van der Waals surface area contributed by atoms with Crippen LogP contribution in [0.15, 0.2) is 58.9 Å². The van der Waals surface area contributed by atoms with Crippen molar-refractivity contribution >= 4 is 57.3 Å². The Hall–Kier alpha value is -3.88. The van der Waals surface area contributed by atoms with E-state index >= 15 is 0 Å². The molecule has 0 unspecified atom stereocenters. The van der Waals surface area contributed by atoms with Gasteiger partial charge in [-0.1, -0.05) is 59.8 Å². The van der Waals surface area contributed by atoms with Gasteiger partial charge in [0.2, 0.25) is 0 Å². The van der Waals surface area contributed by atoms with Gasteiger partial charge in [0, 0.05) is 48.0 Å². The summed E-state index contributed by atoms with van der Waals surface area (Å²) >= 11 is 8.99. The van der Waals surface area contributed by atoms with E-state index in [9.17, 15) is 15.2 Å². The Morgan fingerprint density at radius 1 is 1.17 bits per heavy atom. The van der Waals surface area contributed by atoms with Crippen LogP contribution in [-0.2, 0) is 19.2 Å². The zero-order chi connectivity index (χ0) is 29.1. The number of aryl methyl sites for hydroxylation is 2. The minimum Gasteiger partial charge on any atom is -0.396 e. The number of aromatic nitrogens is 3. The number of nitrogens with one attached hydrogen (secondary N) is 1. The molecule has 0 fully saturated rings. The highest BCUT2D eigenvalue weighted by molar-refractivity contribution is 7.98. The molecule has 1 amide bonds.